The summed E-state index contributed by atoms with van der Waals surface area (Å²) in [5.41, 5.74) is 2.78. The Bertz CT molecular complexity index is 578. The number of hydrogen-bond donors (Lipinski definition) is 1. The largest absolute Gasteiger partial charge is 0.461 e. The Morgan fingerprint density at radius 3 is 2.75 bits per heavy atom. The van der Waals surface area contributed by atoms with E-state index in [1.54, 1.807) is 12.3 Å². The predicted molar refractivity (Wildman–Crippen MR) is 81.3 cm³/mol. The number of aromatic nitrogens is 1. The van der Waals surface area contributed by atoms with Gasteiger partial charge in [0.05, 0.1) is 12.6 Å². The van der Waals surface area contributed by atoms with Crippen molar-refractivity contribution in [2.24, 2.45) is 0 Å². The molecule has 20 heavy (non-hydrogen) atoms. The van der Waals surface area contributed by atoms with Crippen molar-refractivity contribution >= 4 is 22.4 Å². The number of anilines is 1. The molecule has 0 spiro atoms. The molecule has 1 N–H and O–H groups in total. The quantitative estimate of drug-likeness (QED) is 0.851. The third-order valence-corrected chi connectivity index (χ3v) is 3.68. The zero-order chi connectivity index (χ0) is 14.5. The molecule has 1 aromatic carbocycles. The molecule has 0 saturated carbocycles. The molecule has 0 aliphatic rings. The van der Waals surface area contributed by atoms with Gasteiger partial charge in [-0.25, -0.2) is 9.78 Å². The van der Waals surface area contributed by atoms with Gasteiger partial charge < -0.3 is 10.1 Å². The number of hydrogen-bond acceptors (Lipinski definition) is 5. The molecule has 1 atom stereocenters. The van der Waals surface area contributed by atoms with E-state index in [2.05, 4.69) is 48.4 Å². The van der Waals surface area contributed by atoms with Gasteiger partial charge in [0.1, 0.15) is 0 Å². The molecule has 2 aromatic rings. The number of benzene rings is 1. The summed E-state index contributed by atoms with van der Waals surface area (Å²) in [6, 6.07) is 8.48. The van der Waals surface area contributed by atoms with E-state index in [4.69, 9.17) is 4.74 Å². The predicted octanol–water partition coefficient (Wildman–Crippen LogP) is 3.80. The minimum Gasteiger partial charge on any atom is -0.461 e. The highest BCUT2D eigenvalue weighted by molar-refractivity contribution is 7.13. The van der Waals surface area contributed by atoms with Gasteiger partial charge in [-0.15, -0.1) is 11.3 Å². The first-order valence-electron chi connectivity index (χ1n) is 6.56. The average molecular weight is 290 g/mol. The van der Waals surface area contributed by atoms with E-state index >= 15 is 0 Å². The van der Waals surface area contributed by atoms with Crippen molar-refractivity contribution in [1.82, 2.24) is 4.98 Å². The van der Waals surface area contributed by atoms with Gasteiger partial charge in [-0.05, 0) is 26.3 Å². The lowest BCUT2D eigenvalue weighted by Gasteiger charge is -2.13. The maximum atomic E-state index is 11.5. The Morgan fingerprint density at radius 1 is 1.40 bits per heavy atom. The van der Waals surface area contributed by atoms with Gasteiger partial charge in [-0.1, -0.05) is 29.8 Å². The van der Waals surface area contributed by atoms with E-state index in [-0.39, 0.29) is 12.0 Å². The van der Waals surface area contributed by atoms with Gasteiger partial charge in [0.2, 0.25) is 0 Å². The number of carbonyl (C=O) groups excluding carboxylic acids is 1. The first-order chi connectivity index (χ1) is 9.60. The second kappa shape index (κ2) is 6.52. The van der Waals surface area contributed by atoms with Gasteiger partial charge in [0, 0.05) is 5.38 Å². The molecule has 1 aromatic heterocycles. The lowest BCUT2D eigenvalue weighted by atomic mass is 10.1. The van der Waals surface area contributed by atoms with Crippen LogP contribution in [0, 0.1) is 6.92 Å². The van der Waals surface area contributed by atoms with Gasteiger partial charge in [0.25, 0.3) is 0 Å². The number of rotatable bonds is 5. The highest BCUT2D eigenvalue weighted by Gasteiger charge is 2.13. The molecule has 0 aliphatic heterocycles. The zero-order valence-corrected chi connectivity index (χ0v) is 12.7. The fraction of sp³-hybridized carbons (Fsp3) is 0.333. The highest BCUT2D eigenvalue weighted by atomic mass is 32.1. The Kier molecular flexibility index (Phi) is 4.74. The summed E-state index contributed by atoms with van der Waals surface area (Å²) < 4.78 is 4.92. The van der Waals surface area contributed by atoms with Crippen molar-refractivity contribution in [2.75, 3.05) is 11.9 Å². The van der Waals surface area contributed by atoms with Gasteiger partial charge in [-0.3, -0.25) is 0 Å². The van der Waals surface area contributed by atoms with Gasteiger partial charge in [0.15, 0.2) is 10.8 Å². The number of nitrogens with zero attached hydrogens (tertiary/aromatic N) is 1. The van der Waals surface area contributed by atoms with E-state index in [0.717, 1.165) is 5.13 Å². The summed E-state index contributed by atoms with van der Waals surface area (Å²) >= 11 is 1.41. The third kappa shape index (κ3) is 3.57. The van der Waals surface area contributed by atoms with Crippen LogP contribution in [0.5, 0.6) is 0 Å². The number of esters is 1. The molecule has 0 saturated heterocycles. The molecular weight excluding hydrogens is 272 g/mol. The summed E-state index contributed by atoms with van der Waals surface area (Å²) in [7, 11) is 0. The van der Waals surface area contributed by atoms with Crippen LogP contribution in [0.25, 0.3) is 0 Å². The fourth-order valence-corrected chi connectivity index (χ4v) is 2.53. The average Bonchev–Trinajstić information content (AvgIpc) is 2.88. The summed E-state index contributed by atoms with van der Waals surface area (Å²) in [6.45, 7) is 6.27. The van der Waals surface area contributed by atoms with Crippen LogP contribution in [0.3, 0.4) is 0 Å². The summed E-state index contributed by atoms with van der Waals surface area (Å²) in [4.78, 5) is 15.8. The number of nitrogens with one attached hydrogen (secondary N) is 1. The standard InChI is InChI=1S/C15H18N2O2S/c1-4-19-14(18)13-9-20-15(17-13)16-11(3)12-7-5-10(2)6-8-12/h5-9,11H,4H2,1-3H3,(H,16,17). The van der Waals surface area contributed by atoms with E-state index in [9.17, 15) is 4.79 Å². The summed E-state index contributed by atoms with van der Waals surface area (Å²) in [6.07, 6.45) is 0. The lowest BCUT2D eigenvalue weighted by molar-refractivity contribution is 0.0520. The molecule has 0 radical (unpaired) electrons. The number of carbonyl (C=O) groups is 1. The molecule has 0 bridgehead atoms. The SMILES string of the molecule is CCOC(=O)c1csc(NC(C)c2ccc(C)cc2)n1. The minimum atomic E-state index is -0.375. The molecule has 1 heterocycles. The van der Waals surface area contributed by atoms with Crippen molar-refractivity contribution in [3.05, 3.63) is 46.5 Å². The van der Waals surface area contributed by atoms with Crippen molar-refractivity contribution in [3.8, 4) is 0 Å². The molecule has 1 unspecified atom stereocenters. The monoisotopic (exact) mass is 290 g/mol. The summed E-state index contributed by atoms with van der Waals surface area (Å²) in [5.74, 6) is -0.375. The second-order valence-corrected chi connectivity index (χ2v) is 5.39. The maximum Gasteiger partial charge on any atom is 0.357 e. The van der Waals surface area contributed by atoms with Gasteiger partial charge in [-0.2, -0.15) is 0 Å². The second-order valence-electron chi connectivity index (χ2n) is 4.54. The highest BCUT2D eigenvalue weighted by Crippen LogP contribution is 2.23. The molecular formula is C15H18N2O2S. The number of thiazole rings is 1. The normalized spacial score (nSPS) is 11.9. The fourth-order valence-electron chi connectivity index (χ4n) is 1.76. The van der Waals surface area contributed by atoms with Crippen LogP contribution in [0.2, 0.25) is 0 Å². The molecule has 4 nitrogen and oxygen atoms in total. The number of aryl methyl sites for hydroxylation is 1. The molecule has 5 heteroatoms. The van der Waals surface area contributed by atoms with E-state index in [1.807, 2.05) is 0 Å². The van der Waals surface area contributed by atoms with Crippen molar-refractivity contribution in [1.29, 1.82) is 0 Å². The first-order valence-corrected chi connectivity index (χ1v) is 7.44. The van der Waals surface area contributed by atoms with E-state index in [1.165, 1.54) is 22.5 Å². The topological polar surface area (TPSA) is 51.2 Å². The lowest BCUT2D eigenvalue weighted by Crippen LogP contribution is -2.08. The molecule has 0 aliphatic carbocycles. The zero-order valence-electron chi connectivity index (χ0n) is 11.8. The molecule has 0 fully saturated rings. The van der Waals surface area contributed by atoms with E-state index < -0.39 is 0 Å². The minimum absolute atomic E-state index is 0.136. The van der Waals surface area contributed by atoms with Crippen molar-refractivity contribution < 1.29 is 9.53 Å². The van der Waals surface area contributed by atoms with Crippen LogP contribution in [-0.2, 0) is 4.74 Å². The first kappa shape index (κ1) is 14.5. The van der Waals surface area contributed by atoms with Crippen LogP contribution >= 0.6 is 11.3 Å². The van der Waals surface area contributed by atoms with Crippen LogP contribution < -0.4 is 5.32 Å². The molecule has 2 rings (SSSR count). The van der Waals surface area contributed by atoms with Crippen LogP contribution in [0.15, 0.2) is 29.6 Å². The van der Waals surface area contributed by atoms with Crippen LogP contribution in [0.4, 0.5) is 5.13 Å². The van der Waals surface area contributed by atoms with Crippen molar-refractivity contribution in [2.45, 2.75) is 26.8 Å². The Labute approximate surface area is 122 Å². The Balaban J connectivity index is 2.03. The van der Waals surface area contributed by atoms with Crippen LogP contribution in [0.1, 0.15) is 41.5 Å². The van der Waals surface area contributed by atoms with Crippen molar-refractivity contribution in [3.63, 3.8) is 0 Å². The maximum absolute atomic E-state index is 11.5. The smallest absolute Gasteiger partial charge is 0.357 e. The third-order valence-electron chi connectivity index (χ3n) is 2.91. The van der Waals surface area contributed by atoms with Gasteiger partial charge >= 0.3 is 5.97 Å². The van der Waals surface area contributed by atoms with E-state index in [0.29, 0.717) is 12.3 Å². The molecule has 106 valence electrons. The van der Waals surface area contributed by atoms with Crippen LogP contribution in [-0.4, -0.2) is 17.6 Å². The number of ether oxygens (including phenoxy) is 1. The Hall–Kier alpha value is -1.88. The summed E-state index contributed by atoms with van der Waals surface area (Å²) in [5, 5.41) is 5.73. The molecule has 0 amide bonds. The Morgan fingerprint density at radius 2 is 2.10 bits per heavy atom.